The molecule has 0 saturated heterocycles. The van der Waals surface area contributed by atoms with Gasteiger partial charge in [-0.2, -0.15) is 0 Å². The third-order valence-corrected chi connectivity index (χ3v) is 3.28. The van der Waals surface area contributed by atoms with Crippen LogP contribution in [0.2, 0.25) is 0 Å². The predicted octanol–water partition coefficient (Wildman–Crippen LogP) is 2.68. The number of nitrogens with zero attached hydrogens (tertiary/aromatic N) is 3. The number of aromatic nitrogens is 2. The van der Waals surface area contributed by atoms with Gasteiger partial charge >= 0.3 is 0 Å². The van der Waals surface area contributed by atoms with E-state index in [1.54, 1.807) is 6.20 Å². The second-order valence-electron chi connectivity index (χ2n) is 4.73. The van der Waals surface area contributed by atoms with Crippen molar-refractivity contribution in [3.8, 4) is 0 Å². The monoisotopic (exact) mass is 251 g/mol. The molecule has 18 heavy (non-hydrogen) atoms. The van der Waals surface area contributed by atoms with Crippen molar-refractivity contribution in [2.45, 2.75) is 59.6 Å². The van der Waals surface area contributed by atoms with E-state index in [4.69, 9.17) is 0 Å². The average molecular weight is 251 g/mol. The highest BCUT2D eigenvalue weighted by atomic mass is 16.3. The van der Waals surface area contributed by atoms with Crippen molar-refractivity contribution < 1.29 is 5.11 Å². The standard InChI is InChI=1S/C14H25N3O/c1-5-7-8-17(11(3)6-2)14-13(10-18)9-15-12(4)16-14/h9,11,18H,5-8,10H2,1-4H3. The van der Waals surface area contributed by atoms with Crippen LogP contribution in [-0.2, 0) is 6.61 Å². The van der Waals surface area contributed by atoms with Crippen LogP contribution in [0.5, 0.6) is 0 Å². The molecule has 4 heteroatoms. The van der Waals surface area contributed by atoms with Gasteiger partial charge in [0.05, 0.1) is 6.61 Å². The normalized spacial score (nSPS) is 12.5. The van der Waals surface area contributed by atoms with Gasteiger partial charge in [0.25, 0.3) is 0 Å². The Morgan fingerprint density at radius 2 is 2.11 bits per heavy atom. The number of aryl methyl sites for hydroxylation is 1. The van der Waals surface area contributed by atoms with Crippen molar-refractivity contribution >= 4 is 5.82 Å². The lowest BCUT2D eigenvalue weighted by atomic mass is 10.1. The lowest BCUT2D eigenvalue weighted by Crippen LogP contribution is -2.35. The molecule has 0 aliphatic carbocycles. The summed E-state index contributed by atoms with van der Waals surface area (Å²) in [4.78, 5) is 11.0. The molecule has 1 rings (SSSR count). The maximum Gasteiger partial charge on any atom is 0.138 e. The Morgan fingerprint density at radius 3 is 2.67 bits per heavy atom. The summed E-state index contributed by atoms with van der Waals surface area (Å²) < 4.78 is 0. The minimum atomic E-state index is -0.00529. The zero-order chi connectivity index (χ0) is 13.5. The fourth-order valence-electron chi connectivity index (χ4n) is 1.93. The summed E-state index contributed by atoms with van der Waals surface area (Å²) in [6.45, 7) is 9.43. The highest BCUT2D eigenvalue weighted by molar-refractivity contribution is 5.46. The van der Waals surface area contributed by atoms with E-state index in [1.165, 1.54) is 0 Å². The van der Waals surface area contributed by atoms with Crippen molar-refractivity contribution in [3.05, 3.63) is 17.6 Å². The molecule has 1 unspecified atom stereocenters. The predicted molar refractivity (Wildman–Crippen MR) is 74.7 cm³/mol. The van der Waals surface area contributed by atoms with Crippen LogP contribution in [0.3, 0.4) is 0 Å². The fraction of sp³-hybridized carbons (Fsp3) is 0.714. The molecule has 0 radical (unpaired) electrons. The maximum absolute atomic E-state index is 9.43. The van der Waals surface area contributed by atoms with Crippen LogP contribution in [-0.4, -0.2) is 27.7 Å². The largest absolute Gasteiger partial charge is 0.391 e. The van der Waals surface area contributed by atoms with Gasteiger partial charge in [-0.25, -0.2) is 9.97 Å². The van der Waals surface area contributed by atoms with Gasteiger partial charge in [-0.3, -0.25) is 0 Å². The number of unbranched alkanes of at least 4 members (excludes halogenated alkanes) is 1. The lowest BCUT2D eigenvalue weighted by molar-refractivity contribution is 0.280. The first kappa shape index (κ1) is 14.9. The Morgan fingerprint density at radius 1 is 1.39 bits per heavy atom. The molecule has 1 aromatic heterocycles. The quantitative estimate of drug-likeness (QED) is 0.809. The van der Waals surface area contributed by atoms with Crippen LogP contribution in [0, 0.1) is 6.92 Å². The Bertz CT molecular complexity index is 368. The van der Waals surface area contributed by atoms with Crippen LogP contribution in [0.4, 0.5) is 5.82 Å². The molecular formula is C14H25N3O. The van der Waals surface area contributed by atoms with Crippen LogP contribution in [0.1, 0.15) is 51.4 Å². The van der Waals surface area contributed by atoms with Gasteiger partial charge in [0.2, 0.25) is 0 Å². The Hall–Kier alpha value is -1.16. The summed E-state index contributed by atoms with van der Waals surface area (Å²) in [5.41, 5.74) is 0.817. The Labute approximate surface area is 110 Å². The zero-order valence-electron chi connectivity index (χ0n) is 12.0. The molecule has 102 valence electrons. The van der Waals surface area contributed by atoms with Gasteiger partial charge in [-0.15, -0.1) is 0 Å². The van der Waals surface area contributed by atoms with Gasteiger partial charge in [0, 0.05) is 24.3 Å². The number of aliphatic hydroxyl groups excluding tert-OH is 1. The number of rotatable bonds is 7. The Balaban J connectivity index is 3.05. The van der Waals surface area contributed by atoms with Crippen molar-refractivity contribution in [2.24, 2.45) is 0 Å². The summed E-state index contributed by atoms with van der Waals surface area (Å²) >= 11 is 0. The highest BCUT2D eigenvalue weighted by Crippen LogP contribution is 2.21. The second kappa shape index (κ2) is 7.31. The molecule has 0 aromatic carbocycles. The summed E-state index contributed by atoms with van der Waals surface area (Å²) in [7, 11) is 0. The summed E-state index contributed by atoms with van der Waals surface area (Å²) in [5, 5.41) is 9.43. The fourth-order valence-corrected chi connectivity index (χ4v) is 1.93. The van der Waals surface area contributed by atoms with Gasteiger partial charge in [-0.05, 0) is 26.7 Å². The van der Waals surface area contributed by atoms with E-state index in [-0.39, 0.29) is 6.61 Å². The van der Waals surface area contributed by atoms with Crippen LogP contribution in [0.15, 0.2) is 6.20 Å². The molecule has 1 aromatic rings. The molecule has 1 atom stereocenters. The van der Waals surface area contributed by atoms with E-state index >= 15 is 0 Å². The third-order valence-electron chi connectivity index (χ3n) is 3.28. The second-order valence-corrected chi connectivity index (χ2v) is 4.73. The van der Waals surface area contributed by atoms with Crippen molar-refractivity contribution in [2.75, 3.05) is 11.4 Å². The van der Waals surface area contributed by atoms with E-state index < -0.39 is 0 Å². The van der Waals surface area contributed by atoms with Gasteiger partial charge in [0.15, 0.2) is 0 Å². The smallest absolute Gasteiger partial charge is 0.138 e. The first-order valence-electron chi connectivity index (χ1n) is 6.84. The molecule has 1 heterocycles. The lowest BCUT2D eigenvalue weighted by Gasteiger charge is -2.31. The first-order chi connectivity index (χ1) is 8.63. The highest BCUT2D eigenvalue weighted by Gasteiger charge is 2.17. The maximum atomic E-state index is 9.43. The first-order valence-corrected chi connectivity index (χ1v) is 6.84. The number of anilines is 1. The van der Waals surface area contributed by atoms with Crippen LogP contribution < -0.4 is 4.90 Å². The average Bonchev–Trinajstić information content (AvgIpc) is 2.39. The molecule has 0 spiro atoms. The van der Waals surface area contributed by atoms with E-state index in [2.05, 4.69) is 35.6 Å². The van der Waals surface area contributed by atoms with Crippen molar-refractivity contribution in [3.63, 3.8) is 0 Å². The number of aliphatic hydroxyl groups is 1. The number of hydrogen-bond donors (Lipinski definition) is 1. The molecule has 0 aliphatic rings. The Kier molecular flexibility index (Phi) is 6.05. The summed E-state index contributed by atoms with van der Waals surface area (Å²) in [6, 6.07) is 0.427. The SMILES string of the molecule is CCCCN(c1nc(C)ncc1CO)C(C)CC. The molecule has 4 nitrogen and oxygen atoms in total. The molecule has 0 saturated carbocycles. The minimum absolute atomic E-state index is 0.00529. The van der Waals surface area contributed by atoms with Crippen LogP contribution >= 0.6 is 0 Å². The molecule has 0 amide bonds. The van der Waals surface area contributed by atoms with Crippen molar-refractivity contribution in [1.29, 1.82) is 0 Å². The summed E-state index contributed by atoms with van der Waals surface area (Å²) in [6.07, 6.45) is 5.10. The van der Waals surface area contributed by atoms with E-state index in [9.17, 15) is 5.11 Å². The van der Waals surface area contributed by atoms with E-state index in [0.717, 1.165) is 43.0 Å². The number of hydrogen-bond acceptors (Lipinski definition) is 4. The molecular weight excluding hydrogens is 226 g/mol. The third kappa shape index (κ3) is 3.67. The molecule has 0 bridgehead atoms. The van der Waals surface area contributed by atoms with Gasteiger partial charge in [0.1, 0.15) is 11.6 Å². The minimum Gasteiger partial charge on any atom is -0.391 e. The van der Waals surface area contributed by atoms with Gasteiger partial charge in [-0.1, -0.05) is 20.3 Å². The van der Waals surface area contributed by atoms with Gasteiger partial charge < -0.3 is 10.0 Å². The van der Waals surface area contributed by atoms with E-state index in [1.807, 2.05) is 6.92 Å². The van der Waals surface area contributed by atoms with Crippen molar-refractivity contribution in [1.82, 2.24) is 9.97 Å². The molecule has 1 N–H and O–H groups in total. The summed E-state index contributed by atoms with van der Waals surface area (Å²) in [5.74, 6) is 1.65. The molecule has 0 aliphatic heterocycles. The van der Waals surface area contributed by atoms with Crippen LogP contribution in [0.25, 0.3) is 0 Å². The molecule has 0 fully saturated rings. The topological polar surface area (TPSA) is 49.2 Å². The zero-order valence-corrected chi connectivity index (χ0v) is 12.0. The van der Waals surface area contributed by atoms with E-state index in [0.29, 0.717) is 6.04 Å².